The molecule has 0 unspecified atom stereocenters. The molecule has 0 aliphatic rings. The van der Waals surface area contributed by atoms with Crippen LogP contribution in [-0.4, -0.2) is 63.9 Å². The molecule has 3 N–H and O–H groups in total. The van der Waals surface area contributed by atoms with E-state index in [2.05, 4.69) is 19.1 Å². The first-order valence-corrected chi connectivity index (χ1v) is 14.0. The summed E-state index contributed by atoms with van der Waals surface area (Å²) >= 11 is 0. The lowest BCUT2D eigenvalue weighted by molar-refractivity contribution is -0.927. The minimum atomic E-state index is -0.932. The van der Waals surface area contributed by atoms with E-state index in [0.29, 0.717) is 6.54 Å². The Morgan fingerprint density at radius 1 is 0.514 bits per heavy atom. The van der Waals surface area contributed by atoms with Crippen LogP contribution in [0.4, 0.5) is 0 Å². The number of carbonyl (C=O) groups is 3. The minimum Gasteiger partial charge on any atom is -0.481 e. The average Bonchev–Trinajstić information content (AvgIpc) is 2.81. The molecule has 0 spiro atoms. The summed E-state index contributed by atoms with van der Waals surface area (Å²) in [7, 11) is 0. The van der Waals surface area contributed by atoms with Gasteiger partial charge in [-0.2, -0.15) is 0 Å². The molecule has 0 aliphatic carbocycles. The van der Waals surface area contributed by atoms with Crippen molar-refractivity contribution in [2.75, 3.05) is 26.2 Å². The van der Waals surface area contributed by atoms with Crippen molar-refractivity contribution in [3.8, 4) is 0 Å². The van der Waals surface area contributed by atoms with Gasteiger partial charge in [-0.05, 0) is 32.1 Å². The first kappa shape index (κ1) is 33.1. The predicted octanol–water partition coefficient (Wildman–Crippen LogP) is 6.65. The smallest absolute Gasteiger partial charge is 0.309 e. The maximum absolute atomic E-state index is 11.1. The van der Waals surface area contributed by atoms with Gasteiger partial charge in [0.1, 0.15) is 0 Å². The van der Waals surface area contributed by atoms with E-state index in [9.17, 15) is 14.4 Å². The Hall–Kier alpha value is -1.89. The zero-order valence-corrected chi connectivity index (χ0v) is 22.2. The van der Waals surface area contributed by atoms with Gasteiger partial charge in [0, 0.05) is 0 Å². The van der Waals surface area contributed by atoms with Gasteiger partial charge in [-0.25, -0.2) is 0 Å². The maximum Gasteiger partial charge on any atom is 0.309 e. The number of quaternary nitrogens is 1. The summed E-state index contributed by atoms with van der Waals surface area (Å²) < 4.78 is 0.264. The van der Waals surface area contributed by atoms with Crippen LogP contribution in [0.5, 0.6) is 0 Å². The monoisotopic (exact) mass is 498 g/mol. The van der Waals surface area contributed by atoms with Crippen LogP contribution >= 0.6 is 0 Å². The third-order valence-corrected chi connectivity index (χ3v) is 6.81. The van der Waals surface area contributed by atoms with Gasteiger partial charge < -0.3 is 19.8 Å². The first-order valence-electron chi connectivity index (χ1n) is 14.0. The number of unbranched alkanes of at least 4 members (excludes halogenated alkanes) is 13. The van der Waals surface area contributed by atoms with E-state index in [0.717, 1.165) is 25.7 Å². The van der Waals surface area contributed by atoms with Crippen LogP contribution in [0.3, 0.4) is 0 Å². The second-order valence-electron chi connectivity index (χ2n) is 9.93. The molecule has 0 radical (unpaired) electrons. The van der Waals surface area contributed by atoms with Crippen molar-refractivity contribution >= 4 is 17.9 Å². The van der Waals surface area contributed by atoms with Gasteiger partial charge >= 0.3 is 17.9 Å². The zero-order chi connectivity index (χ0) is 26.2. The Labute approximate surface area is 213 Å². The molecule has 0 aromatic heterocycles. The van der Waals surface area contributed by atoms with E-state index in [4.69, 9.17) is 15.3 Å². The van der Waals surface area contributed by atoms with E-state index >= 15 is 0 Å². The second-order valence-corrected chi connectivity index (χ2v) is 9.93. The predicted molar refractivity (Wildman–Crippen MR) is 141 cm³/mol. The van der Waals surface area contributed by atoms with Crippen LogP contribution in [0.1, 0.15) is 122 Å². The summed E-state index contributed by atoms with van der Waals surface area (Å²) in [4.78, 5) is 33.3. The van der Waals surface area contributed by atoms with E-state index in [-0.39, 0.29) is 43.4 Å². The summed E-state index contributed by atoms with van der Waals surface area (Å²) in [5.41, 5.74) is 0. The molecule has 0 aliphatic heterocycles. The molecule has 0 aromatic rings. The fourth-order valence-electron chi connectivity index (χ4n) is 4.61. The summed E-state index contributed by atoms with van der Waals surface area (Å²) in [6.45, 7) is 3.66. The number of hydrogen-bond acceptors (Lipinski definition) is 3. The van der Waals surface area contributed by atoms with Crippen molar-refractivity contribution in [3.05, 3.63) is 12.2 Å². The number of rotatable bonds is 26. The highest BCUT2D eigenvalue weighted by atomic mass is 16.4. The molecule has 7 nitrogen and oxygen atoms in total. The second kappa shape index (κ2) is 22.6. The summed E-state index contributed by atoms with van der Waals surface area (Å²) in [5, 5.41) is 27.3. The highest BCUT2D eigenvalue weighted by molar-refractivity contribution is 5.67. The standard InChI is InChI=1S/C28H51NO6/c1-2-3-4-5-6-7-8-9-10-11-12-13-14-15-16-17-18-22-29(23-19-26(30)31,24-20-27(32)33)25-21-28(34)35/h3-4H,2,5-25H2,1H3,(H2-,30,31,32,33,34,35)/p+1/b4-3+. The molecule has 0 fully saturated rings. The van der Waals surface area contributed by atoms with Crippen molar-refractivity contribution < 1.29 is 34.2 Å². The molecule has 204 valence electrons. The van der Waals surface area contributed by atoms with Crippen LogP contribution in [0.2, 0.25) is 0 Å². The Kier molecular flexibility index (Phi) is 21.3. The highest BCUT2D eigenvalue weighted by Crippen LogP contribution is 2.17. The molecule has 7 heteroatoms. The normalized spacial score (nSPS) is 11.8. The van der Waals surface area contributed by atoms with Crippen LogP contribution in [0.25, 0.3) is 0 Å². The van der Waals surface area contributed by atoms with Gasteiger partial charge in [-0.1, -0.05) is 83.3 Å². The van der Waals surface area contributed by atoms with Crippen LogP contribution in [-0.2, 0) is 14.4 Å². The van der Waals surface area contributed by atoms with Gasteiger partial charge in [-0.3, -0.25) is 14.4 Å². The van der Waals surface area contributed by atoms with Gasteiger partial charge in [0.05, 0.1) is 45.4 Å². The van der Waals surface area contributed by atoms with Crippen molar-refractivity contribution in [2.24, 2.45) is 0 Å². The number of carboxylic acid groups (broad SMARTS) is 3. The quantitative estimate of drug-likeness (QED) is 0.0699. The van der Waals surface area contributed by atoms with Gasteiger partial charge in [0.25, 0.3) is 0 Å². The van der Waals surface area contributed by atoms with Crippen molar-refractivity contribution in [2.45, 2.75) is 122 Å². The van der Waals surface area contributed by atoms with Crippen LogP contribution < -0.4 is 0 Å². The van der Waals surface area contributed by atoms with Gasteiger partial charge in [0.2, 0.25) is 0 Å². The molecule has 0 rings (SSSR count). The van der Waals surface area contributed by atoms with E-state index < -0.39 is 17.9 Å². The lowest BCUT2D eigenvalue weighted by atomic mass is 10.0. The summed E-state index contributed by atoms with van der Waals surface area (Å²) in [6, 6.07) is 0. The molecule has 0 bridgehead atoms. The number of allylic oxidation sites excluding steroid dienone is 2. The molecule has 0 amide bonds. The van der Waals surface area contributed by atoms with Gasteiger partial charge in [0.15, 0.2) is 0 Å². The van der Waals surface area contributed by atoms with Crippen molar-refractivity contribution in [1.29, 1.82) is 0 Å². The molecule has 0 saturated heterocycles. The molecule has 0 atom stereocenters. The number of aliphatic carboxylic acids is 3. The molecule has 0 heterocycles. The Bertz CT molecular complexity index is 544. The fourth-order valence-corrected chi connectivity index (χ4v) is 4.61. The summed E-state index contributed by atoms with van der Waals surface area (Å²) in [5.74, 6) is -2.80. The van der Waals surface area contributed by atoms with E-state index in [1.807, 2.05) is 0 Å². The Balaban J connectivity index is 4.01. The SMILES string of the molecule is CC/C=C/CCCCCCCCCCCCCCC[N+](CCC(=O)O)(CCC(=O)O)CCC(=O)O. The molecule has 0 saturated carbocycles. The van der Waals surface area contributed by atoms with Gasteiger partial charge in [-0.15, -0.1) is 0 Å². The lowest BCUT2D eigenvalue weighted by Crippen LogP contribution is -2.52. The average molecular weight is 499 g/mol. The minimum absolute atomic E-state index is 0.0739. The molecular weight excluding hydrogens is 446 g/mol. The summed E-state index contributed by atoms with van der Waals surface area (Å²) in [6.07, 6.45) is 22.7. The molecular formula is C28H52NO6+. The first-order chi connectivity index (χ1) is 16.8. The molecule has 0 aromatic carbocycles. The maximum atomic E-state index is 11.1. The van der Waals surface area contributed by atoms with Crippen molar-refractivity contribution in [1.82, 2.24) is 0 Å². The highest BCUT2D eigenvalue weighted by Gasteiger charge is 2.29. The lowest BCUT2D eigenvalue weighted by Gasteiger charge is -2.38. The third kappa shape index (κ3) is 22.3. The van der Waals surface area contributed by atoms with E-state index in [1.54, 1.807) is 0 Å². The Morgan fingerprint density at radius 2 is 0.857 bits per heavy atom. The number of carboxylic acids is 3. The fraction of sp³-hybridized carbons (Fsp3) is 0.821. The molecule has 35 heavy (non-hydrogen) atoms. The van der Waals surface area contributed by atoms with Crippen LogP contribution in [0, 0.1) is 0 Å². The van der Waals surface area contributed by atoms with Crippen molar-refractivity contribution in [3.63, 3.8) is 0 Å². The topological polar surface area (TPSA) is 112 Å². The number of nitrogens with zero attached hydrogens (tertiary/aromatic N) is 1. The number of hydrogen-bond donors (Lipinski definition) is 3. The zero-order valence-electron chi connectivity index (χ0n) is 22.2. The Morgan fingerprint density at radius 3 is 1.20 bits per heavy atom. The van der Waals surface area contributed by atoms with Crippen LogP contribution in [0.15, 0.2) is 12.2 Å². The third-order valence-electron chi connectivity index (χ3n) is 6.81. The largest absolute Gasteiger partial charge is 0.481 e. The van der Waals surface area contributed by atoms with E-state index in [1.165, 1.54) is 70.6 Å².